The van der Waals surface area contributed by atoms with Crippen molar-refractivity contribution < 1.29 is 5.11 Å². The van der Waals surface area contributed by atoms with Gasteiger partial charge in [-0.2, -0.15) is 0 Å². The summed E-state index contributed by atoms with van der Waals surface area (Å²) in [6.07, 6.45) is 16.4. The molecular weight excluding hydrogens is 212 g/mol. The predicted molar refractivity (Wildman–Crippen MR) is 72.4 cm³/mol. The first kappa shape index (κ1) is 14.1. The number of β-amino-alcohol motifs (C(OH)–C–C–N with tert-alkyl or cyclic N) is 1. The average Bonchev–Trinajstić information content (AvgIpc) is 2.76. The molecule has 1 unspecified atom stereocenters. The van der Waals surface area contributed by atoms with Crippen LogP contribution >= 0.6 is 0 Å². The highest BCUT2D eigenvalue weighted by molar-refractivity contribution is 5.04. The van der Waals surface area contributed by atoms with Gasteiger partial charge in [0.2, 0.25) is 0 Å². The van der Waals surface area contributed by atoms with Crippen LogP contribution in [0, 0.1) is 0 Å². The number of allylic oxidation sites excluding steroid dienone is 1. The fourth-order valence-electron chi connectivity index (χ4n) is 2.01. The number of rotatable bonds is 9. The van der Waals surface area contributed by atoms with Gasteiger partial charge in [0.15, 0.2) is 0 Å². The molecule has 1 rings (SSSR count). The molecule has 3 nitrogen and oxygen atoms in total. The Morgan fingerprint density at radius 3 is 2.88 bits per heavy atom. The van der Waals surface area contributed by atoms with E-state index in [9.17, 15) is 0 Å². The molecule has 1 aliphatic heterocycles. The third kappa shape index (κ3) is 5.78. The van der Waals surface area contributed by atoms with Crippen molar-refractivity contribution in [1.29, 1.82) is 0 Å². The van der Waals surface area contributed by atoms with Gasteiger partial charge in [0, 0.05) is 18.9 Å². The van der Waals surface area contributed by atoms with Crippen LogP contribution in [-0.4, -0.2) is 29.3 Å². The molecule has 0 saturated heterocycles. The highest BCUT2D eigenvalue weighted by Gasteiger charge is 2.13. The Morgan fingerprint density at radius 2 is 2.12 bits per heavy atom. The lowest BCUT2D eigenvalue weighted by atomic mass is 10.1. The van der Waals surface area contributed by atoms with Crippen molar-refractivity contribution in [2.75, 3.05) is 13.2 Å². The molecule has 1 heterocycles. The topological polar surface area (TPSA) is 35.5 Å². The molecule has 0 aromatic heterocycles. The van der Waals surface area contributed by atoms with E-state index in [1.165, 1.54) is 32.1 Å². The number of aliphatic hydroxyl groups excluding tert-OH is 1. The summed E-state index contributed by atoms with van der Waals surface area (Å²) in [6, 6.07) is 0. The minimum atomic E-state index is 0.202. The maximum absolute atomic E-state index is 8.91. The fraction of sp³-hybridized carbons (Fsp3) is 0.714. The maximum Gasteiger partial charge on any atom is 0.118 e. The van der Waals surface area contributed by atoms with Gasteiger partial charge >= 0.3 is 0 Å². The van der Waals surface area contributed by atoms with Crippen LogP contribution < -0.4 is 5.32 Å². The molecule has 17 heavy (non-hydrogen) atoms. The first-order chi connectivity index (χ1) is 8.38. The van der Waals surface area contributed by atoms with Crippen molar-refractivity contribution in [3.8, 4) is 0 Å². The molecule has 0 aliphatic carbocycles. The van der Waals surface area contributed by atoms with Crippen LogP contribution in [0.1, 0.15) is 45.4 Å². The van der Waals surface area contributed by atoms with Crippen molar-refractivity contribution >= 4 is 0 Å². The predicted octanol–water partition coefficient (Wildman–Crippen LogP) is 2.60. The second kappa shape index (κ2) is 9.11. The molecule has 0 aromatic carbocycles. The van der Waals surface area contributed by atoms with E-state index in [0.717, 1.165) is 6.42 Å². The molecule has 0 aromatic rings. The summed E-state index contributed by atoms with van der Waals surface area (Å²) in [4.78, 5) is 2.10. The maximum atomic E-state index is 8.91. The Kier molecular flexibility index (Phi) is 7.56. The molecule has 0 bridgehead atoms. The standard InChI is InChI=1S/C14H26N2O/c1-2-3-4-5-6-7-8-9-14-15-10-11-16(14)12-13-17/h8-11,14-15,17H,2-7,12-13H2,1H3/b9-8+. The lowest BCUT2D eigenvalue weighted by Crippen LogP contribution is -2.35. The first-order valence-corrected chi connectivity index (χ1v) is 6.84. The van der Waals surface area contributed by atoms with E-state index in [0.29, 0.717) is 6.54 Å². The van der Waals surface area contributed by atoms with E-state index in [-0.39, 0.29) is 12.8 Å². The average molecular weight is 238 g/mol. The summed E-state index contributed by atoms with van der Waals surface area (Å²) < 4.78 is 0. The Labute approximate surface area is 105 Å². The normalized spacial score (nSPS) is 19.2. The molecule has 2 N–H and O–H groups in total. The molecule has 0 radical (unpaired) electrons. The smallest absolute Gasteiger partial charge is 0.118 e. The zero-order chi connectivity index (χ0) is 12.3. The van der Waals surface area contributed by atoms with E-state index in [2.05, 4.69) is 29.3 Å². The van der Waals surface area contributed by atoms with E-state index >= 15 is 0 Å². The second-order valence-corrected chi connectivity index (χ2v) is 4.52. The van der Waals surface area contributed by atoms with Crippen molar-refractivity contribution in [2.24, 2.45) is 0 Å². The number of aliphatic hydroxyl groups is 1. The lowest BCUT2D eigenvalue weighted by molar-refractivity contribution is 0.220. The number of hydrogen-bond donors (Lipinski definition) is 2. The van der Waals surface area contributed by atoms with Gasteiger partial charge in [0.25, 0.3) is 0 Å². The van der Waals surface area contributed by atoms with Crippen LogP contribution in [0.2, 0.25) is 0 Å². The van der Waals surface area contributed by atoms with Crippen LogP contribution in [0.15, 0.2) is 24.6 Å². The highest BCUT2D eigenvalue weighted by atomic mass is 16.3. The van der Waals surface area contributed by atoms with Gasteiger partial charge in [-0.1, -0.05) is 38.7 Å². The summed E-state index contributed by atoms with van der Waals surface area (Å²) in [7, 11) is 0. The van der Waals surface area contributed by atoms with Gasteiger partial charge in [0.05, 0.1) is 6.61 Å². The summed E-state index contributed by atoms with van der Waals surface area (Å²) in [5, 5.41) is 12.2. The van der Waals surface area contributed by atoms with Crippen LogP contribution in [0.4, 0.5) is 0 Å². The third-order valence-corrected chi connectivity index (χ3v) is 3.04. The molecule has 0 fully saturated rings. The van der Waals surface area contributed by atoms with Crippen molar-refractivity contribution in [3.63, 3.8) is 0 Å². The van der Waals surface area contributed by atoms with Gasteiger partial charge in [0.1, 0.15) is 6.17 Å². The molecule has 0 spiro atoms. The molecule has 3 heteroatoms. The number of unbranched alkanes of at least 4 members (excludes halogenated alkanes) is 5. The lowest BCUT2D eigenvalue weighted by Gasteiger charge is -2.21. The van der Waals surface area contributed by atoms with E-state index in [1.54, 1.807) is 0 Å². The largest absolute Gasteiger partial charge is 0.395 e. The summed E-state index contributed by atoms with van der Waals surface area (Å²) in [5.41, 5.74) is 0. The minimum Gasteiger partial charge on any atom is -0.395 e. The number of nitrogens with one attached hydrogen (secondary N) is 1. The van der Waals surface area contributed by atoms with Crippen LogP contribution in [0.3, 0.4) is 0 Å². The van der Waals surface area contributed by atoms with Gasteiger partial charge in [-0.3, -0.25) is 0 Å². The van der Waals surface area contributed by atoms with Crippen molar-refractivity contribution in [1.82, 2.24) is 10.2 Å². The Morgan fingerprint density at radius 1 is 1.29 bits per heavy atom. The molecule has 0 saturated carbocycles. The highest BCUT2D eigenvalue weighted by Crippen LogP contribution is 2.08. The van der Waals surface area contributed by atoms with Gasteiger partial charge in [-0.05, 0) is 18.9 Å². The van der Waals surface area contributed by atoms with E-state index in [4.69, 9.17) is 5.11 Å². The number of hydrogen-bond acceptors (Lipinski definition) is 3. The summed E-state index contributed by atoms with van der Waals surface area (Å²) >= 11 is 0. The van der Waals surface area contributed by atoms with Crippen molar-refractivity contribution in [2.45, 2.75) is 51.6 Å². The van der Waals surface area contributed by atoms with E-state index in [1.807, 2.05) is 12.4 Å². The first-order valence-electron chi connectivity index (χ1n) is 6.84. The SMILES string of the molecule is CCCCCCC/C=C/C1NC=CN1CCO. The Bertz CT molecular complexity index is 238. The molecule has 1 atom stereocenters. The zero-order valence-corrected chi connectivity index (χ0v) is 10.9. The quantitative estimate of drug-likeness (QED) is 0.479. The third-order valence-electron chi connectivity index (χ3n) is 3.04. The number of nitrogens with zero attached hydrogens (tertiary/aromatic N) is 1. The van der Waals surface area contributed by atoms with Gasteiger partial charge < -0.3 is 15.3 Å². The van der Waals surface area contributed by atoms with Crippen LogP contribution in [0.25, 0.3) is 0 Å². The van der Waals surface area contributed by atoms with Gasteiger partial charge in [-0.15, -0.1) is 0 Å². The van der Waals surface area contributed by atoms with Crippen molar-refractivity contribution in [3.05, 3.63) is 24.6 Å². The van der Waals surface area contributed by atoms with Crippen LogP contribution in [0.5, 0.6) is 0 Å². The molecular formula is C14H26N2O. The molecule has 98 valence electrons. The molecule has 0 amide bonds. The van der Waals surface area contributed by atoms with E-state index < -0.39 is 0 Å². The minimum absolute atomic E-state index is 0.202. The second-order valence-electron chi connectivity index (χ2n) is 4.52. The monoisotopic (exact) mass is 238 g/mol. The molecule has 1 aliphatic rings. The van der Waals surface area contributed by atoms with Gasteiger partial charge in [-0.25, -0.2) is 0 Å². The Hall–Kier alpha value is -0.960. The summed E-state index contributed by atoms with van der Waals surface area (Å²) in [6.45, 7) is 3.14. The Balaban J connectivity index is 2.07. The van der Waals surface area contributed by atoms with Crippen LogP contribution in [-0.2, 0) is 0 Å². The summed E-state index contributed by atoms with van der Waals surface area (Å²) in [5.74, 6) is 0. The fourth-order valence-corrected chi connectivity index (χ4v) is 2.01. The zero-order valence-electron chi connectivity index (χ0n) is 10.9.